The van der Waals surface area contributed by atoms with Crippen LogP contribution >= 0.6 is 0 Å². The van der Waals surface area contributed by atoms with E-state index in [2.05, 4.69) is 46.4 Å². The van der Waals surface area contributed by atoms with Gasteiger partial charge in [0.2, 0.25) is 0 Å². The highest BCUT2D eigenvalue weighted by Gasteiger charge is 2.36. The standard InChI is InChI=1S/C14H29N/c1-11(2)9-13-10-15(12(3)4)8-7-14(13,5)6/h11-13H,7-10H2,1-6H3. The largest absolute Gasteiger partial charge is 0.301 e. The van der Waals surface area contributed by atoms with Crippen LogP contribution in [-0.2, 0) is 0 Å². The molecule has 0 aromatic carbocycles. The van der Waals surface area contributed by atoms with Crippen molar-refractivity contribution in [3.05, 3.63) is 0 Å². The highest BCUT2D eigenvalue weighted by atomic mass is 15.2. The van der Waals surface area contributed by atoms with Gasteiger partial charge in [0, 0.05) is 12.6 Å². The topological polar surface area (TPSA) is 3.24 Å². The van der Waals surface area contributed by atoms with E-state index >= 15 is 0 Å². The Morgan fingerprint density at radius 2 is 1.80 bits per heavy atom. The monoisotopic (exact) mass is 211 g/mol. The van der Waals surface area contributed by atoms with Crippen molar-refractivity contribution in [1.29, 1.82) is 0 Å². The van der Waals surface area contributed by atoms with Crippen molar-refractivity contribution in [2.24, 2.45) is 17.3 Å². The van der Waals surface area contributed by atoms with Crippen molar-refractivity contribution in [2.75, 3.05) is 13.1 Å². The lowest BCUT2D eigenvalue weighted by Gasteiger charge is -2.46. The first-order chi connectivity index (χ1) is 6.83. The number of hydrogen-bond acceptors (Lipinski definition) is 1. The zero-order chi connectivity index (χ0) is 11.6. The average molecular weight is 211 g/mol. The van der Waals surface area contributed by atoms with Crippen LogP contribution in [0, 0.1) is 17.3 Å². The van der Waals surface area contributed by atoms with Gasteiger partial charge in [0.15, 0.2) is 0 Å². The number of likely N-dealkylation sites (tertiary alicyclic amines) is 1. The quantitative estimate of drug-likeness (QED) is 0.686. The molecule has 0 aliphatic carbocycles. The molecule has 0 amide bonds. The van der Waals surface area contributed by atoms with E-state index in [4.69, 9.17) is 0 Å². The Labute approximate surface area is 96.2 Å². The second-order valence-corrected chi connectivity index (χ2v) is 6.65. The fraction of sp³-hybridized carbons (Fsp3) is 1.00. The Balaban J connectivity index is 2.62. The zero-order valence-electron chi connectivity index (χ0n) is 11.5. The minimum absolute atomic E-state index is 0.551. The second kappa shape index (κ2) is 4.86. The van der Waals surface area contributed by atoms with Crippen molar-refractivity contribution < 1.29 is 0 Å². The van der Waals surface area contributed by atoms with Gasteiger partial charge >= 0.3 is 0 Å². The van der Waals surface area contributed by atoms with Crippen LogP contribution in [0.1, 0.15) is 54.4 Å². The van der Waals surface area contributed by atoms with Gasteiger partial charge in [-0.2, -0.15) is 0 Å². The molecular weight excluding hydrogens is 182 g/mol. The summed E-state index contributed by atoms with van der Waals surface area (Å²) in [5, 5.41) is 0. The average Bonchev–Trinajstić information content (AvgIpc) is 2.07. The fourth-order valence-corrected chi connectivity index (χ4v) is 2.69. The van der Waals surface area contributed by atoms with Gasteiger partial charge in [0.25, 0.3) is 0 Å². The maximum Gasteiger partial charge on any atom is 0.00387 e. The minimum atomic E-state index is 0.551. The Kier molecular flexibility index (Phi) is 4.22. The van der Waals surface area contributed by atoms with Crippen LogP contribution in [0.4, 0.5) is 0 Å². The highest BCUT2D eigenvalue weighted by Crippen LogP contribution is 2.39. The van der Waals surface area contributed by atoms with Crippen LogP contribution in [0.15, 0.2) is 0 Å². The third-order valence-electron chi connectivity index (χ3n) is 4.09. The van der Waals surface area contributed by atoms with E-state index in [1.54, 1.807) is 0 Å². The molecule has 1 fully saturated rings. The van der Waals surface area contributed by atoms with Crippen molar-refractivity contribution >= 4 is 0 Å². The summed E-state index contributed by atoms with van der Waals surface area (Å²) in [5.41, 5.74) is 0.551. The summed E-state index contributed by atoms with van der Waals surface area (Å²) in [6.07, 6.45) is 2.75. The molecule has 0 saturated carbocycles. The normalized spacial score (nSPS) is 27.6. The smallest absolute Gasteiger partial charge is 0.00387 e. The van der Waals surface area contributed by atoms with E-state index < -0.39 is 0 Å². The van der Waals surface area contributed by atoms with E-state index in [0.29, 0.717) is 5.41 Å². The molecule has 1 rings (SSSR count). The molecule has 1 heteroatoms. The minimum Gasteiger partial charge on any atom is -0.301 e. The molecule has 1 unspecified atom stereocenters. The first kappa shape index (κ1) is 13.0. The summed E-state index contributed by atoms with van der Waals surface area (Å²) in [6, 6.07) is 0.718. The molecule has 1 saturated heterocycles. The molecule has 15 heavy (non-hydrogen) atoms. The maximum absolute atomic E-state index is 2.65. The van der Waals surface area contributed by atoms with Crippen LogP contribution < -0.4 is 0 Å². The van der Waals surface area contributed by atoms with Crippen LogP contribution in [-0.4, -0.2) is 24.0 Å². The van der Waals surface area contributed by atoms with E-state index in [0.717, 1.165) is 17.9 Å². The van der Waals surface area contributed by atoms with Gasteiger partial charge < -0.3 is 4.90 Å². The molecule has 0 aromatic heterocycles. The van der Waals surface area contributed by atoms with Gasteiger partial charge in [-0.25, -0.2) is 0 Å². The summed E-state index contributed by atoms with van der Waals surface area (Å²) in [7, 11) is 0. The summed E-state index contributed by atoms with van der Waals surface area (Å²) in [5.74, 6) is 1.72. The SMILES string of the molecule is CC(C)CC1CN(C(C)C)CCC1(C)C. The van der Waals surface area contributed by atoms with Crippen molar-refractivity contribution in [3.63, 3.8) is 0 Å². The third kappa shape index (κ3) is 3.48. The van der Waals surface area contributed by atoms with E-state index in [9.17, 15) is 0 Å². The molecule has 1 aliphatic rings. The van der Waals surface area contributed by atoms with Gasteiger partial charge in [0.1, 0.15) is 0 Å². The molecule has 0 radical (unpaired) electrons. The molecule has 0 N–H and O–H groups in total. The molecule has 1 nitrogen and oxygen atoms in total. The summed E-state index contributed by atoms with van der Waals surface area (Å²) in [6.45, 7) is 16.9. The predicted molar refractivity (Wildman–Crippen MR) is 68.1 cm³/mol. The molecule has 0 spiro atoms. The van der Waals surface area contributed by atoms with Gasteiger partial charge in [-0.3, -0.25) is 0 Å². The third-order valence-corrected chi connectivity index (χ3v) is 4.09. The number of hydrogen-bond donors (Lipinski definition) is 0. The van der Waals surface area contributed by atoms with Gasteiger partial charge in [0.05, 0.1) is 0 Å². The Bertz CT molecular complexity index is 194. The lowest BCUT2D eigenvalue weighted by molar-refractivity contribution is 0.0313. The van der Waals surface area contributed by atoms with E-state index in [1.807, 2.05) is 0 Å². The van der Waals surface area contributed by atoms with Crippen molar-refractivity contribution in [2.45, 2.75) is 60.4 Å². The molecule has 0 aromatic rings. The number of nitrogens with zero attached hydrogens (tertiary/aromatic N) is 1. The molecular formula is C14H29N. The van der Waals surface area contributed by atoms with Crippen molar-refractivity contribution in [1.82, 2.24) is 4.90 Å². The Morgan fingerprint density at radius 3 is 2.27 bits per heavy atom. The van der Waals surface area contributed by atoms with Gasteiger partial charge in [-0.15, -0.1) is 0 Å². The fourth-order valence-electron chi connectivity index (χ4n) is 2.69. The number of piperidine rings is 1. The molecule has 1 aliphatic heterocycles. The second-order valence-electron chi connectivity index (χ2n) is 6.65. The number of rotatable bonds is 3. The van der Waals surface area contributed by atoms with Crippen LogP contribution in [0.5, 0.6) is 0 Å². The summed E-state index contributed by atoms with van der Waals surface area (Å²) in [4.78, 5) is 2.65. The first-order valence-electron chi connectivity index (χ1n) is 6.57. The van der Waals surface area contributed by atoms with Gasteiger partial charge in [-0.05, 0) is 50.5 Å². The zero-order valence-corrected chi connectivity index (χ0v) is 11.5. The van der Waals surface area contributed by atoms with Crippen LogP contribution in [0.25, 0.3) is 0 Å². The predicted octanol–water partition coefficient (Wildman–Crippen LogP) is 3.79. The summed E-state index contributed by atoms with van der Waals surface area (Å²) < 4.78 is 0. The highest BCUT2D eigenvalue weighted by molar-refractivity contribution is 4.88. The molecule has 1 atom stereocenters. The van der Waals surface area contributed by atoms with Crippen LogP contribution in [0.3, 0.4) is 0 Å². The summed E-state index contributed by atoms with van der Waals surface area (Å²) >= 11 is 0. The van der Waals surface area contributed by atoms with Crippen LogP contribution in [0.2, 0.25) is 0 Å². The Hall–Kier alpha value is -0.0400. The molecule has 90 valence electrons. The Morgan fingerprint density at radius 1 is 1.20 bits per heavy atom. The first-order valence-corrected chi connectivity index (χ1v) is 6.57. The van der Waals surface area contributed by atoms with E-state index in [-0.39, 0.29) is 0 Å². The lowest BCUT2D eigenvalue weighted by atomic mass is 9.70. The lowest BCUT2D eigenvalue weighted by Crippen LogP contribution is -2.47. The van der Waals surface area contributed by atoms with Gasteiger partial charge in [-0.1, -0.05) is 27.7 Å². The van der Waals surface area contributed by atoms with E-state index in [1.165, 1.54) is 25.9 Å². The molecule has 0 bridgehead atoms. The van der Waals surface area contributed by atoms with Crippen molar-refractivity contribution in [3.8, 4) is 0 Å². The maximum atomic E-state index is 2.65. The molecule has 1 heterocycles.